The van der Waals surface area contributed by atoms with Crippen LogP contribution in [0.4, 0.5) is 13.2 Å². The molecule has 1 heterocycles. The molecule has 18 heavy (non-hydrogen) atoms. The fraction of sp³-hybridized carbons (Fsp3) is 0.600. The Morgan fingerprint density at radius 1 is 1.56 bits per heavy atom. The monoisotopic (exact) mass is 264 g/mol. The summed E-state index contributed by atoms with van der Waals surface area (Å²) in [5.74, 6) is -0.386. The molecule has 0 aliphatic rings. The van der Waals surface area contributed by atoms with Crippen molar-refractivity contribution in [3.05, 3.63) is 17.5 Å². The number of aryl methyl sites for hydroxylation is 1. The number of alkyl halides is 3. The lowest BCUT2D eigenvalue weighted by atomic mass is 10.3. The number of hydrogen-bond donors (Lipinski definition) is 2. The molecule has 0 bridgehead atoms. The molecule has 0 fully saturated rings. The van der Waals surface area contributed by atoms with Crippen molar-refractivity contribution in [2.24, 2.45) is 5.73 Å². The molecule has 1 rings (SSSR count). The van der Waals surface area contributed by atoms with Gasteiger partial charge in [-0.05, 0) is 26.0 Å². The Morgan fingerprint density at radius 3 is 2.72 bits per heavy atom. The second-order valence-electron chi connectivity index (χ2n) is 3.82. The van der Waals surface area contributed by atoms with E-state index in [2.05, 4.69) is 10.4 Å². The van der Waals surface area contributed by atoms with Gasteiger partial charge in [-0.3, -0.25) is 9.48 Å². The van der Waals surface area contributed by atoms with Gasteiger partial charge in [0.15, 0.2) is 5.69 Å². The van der Waals surface area contributed by atoms with E-state index in [4.69, 9.17) is 5.73 Å². The number of nitrogens with one attached hydrogen (secondary N) is 1. The minimum absolute atomic E-state index is 0.230. The third-order valence-electron chi connectivity index (χ3n) is 2.27. The summed E-state index contributed by atoms with van der Waals surface area (Å²) in [6, 6.07) is 0.910. The predicted molar refractivity (Wildman–Crippen MR) is 58.6 cm³/mol. The highest BCUT2D eigenvalue weighted by atomic mass is 19.4. The minimum Gasteiger partial charge on any atom is -0.354 e. The Morgan fingerprint density at radius 2 is 2.22 bits per heavy atom. The number of aromatic nitrogens is 2. The van der Waals surface area contributed by atoms with Crippen molar-refractivity contribution < 1.29 is 18.0 Å². The van der Waals surface area contributed by atoms with E-state index in [1.54, 1.807) is 0 Å². The lowest BCUT2D eigenvalue weighted by Gasteiger charge is -2.06. The Bertz CT molecular complexity index is 414. The molecular weight excluding hydrogens is 249 g/mol. The van der Waals surface area contributed by atoms with Crippen LogP contribution in [-0.2, 0) is 17.5 Å². The maximum absolute atomic E-state index is 12.4. The molecule has 0 saturated carbocycles. The van der Waals surface area contributed by atoms with Gasteiger partial charge in [0.25, 0.3) is 0 Å². The van der Waals surface area contributed by atoms with Crippen LogP contribution in [0.25, 0.3) is 0 Å². The maximum atomic E-state index is 12.4. The standard InChI is InChI=1S/C10H15F3N4O/c1-7-5-8(10(11,12)13)16-17(7)6-9(18)15-4-2-3-14/h5H,2-4,6,14H2,1H3,(H,15,18). The van der Waals surface area contributed by atoms with E-state index in [1.165, 1.54) is 6.92 Å². The molecule has 5 nitrogen and oxygen atoms in total. The second kappa shape index (κ2) is 5.85. The molecule has 1 aromatic heterocycles. The SMILES string of the molecule is Cc1cc(C(F)(F)F)nn1CC(=O)NCCCN. The van der Waals surface area contributed by atoms with Gasteiger partial charge >= 0.3 is 6.18 Å². The van der Waals surface area contributed by atoms with Crippen molar-refractivity contribution in [1.82, 2.24) is 15.1 Å². The molecule has 0 saturated heterocycles. The average molecular weight is 264 g/mol. The van der Waals surface area contributed by atoms with E-state index in [9.17, 15) is 18.0 Å². The zero-order valence-corrected chi connectivity index (χ0v) is 9.92. The average Bonchev–Trinajstić information content (AvgIpc) is 2.60. The van der Waals surface area contributed by atoms with Gasteiger partial charge in [0, 0.05) is 12.2 Å². The molecule has 1 aromatic rings. The maximum Gasteiger partial charge on any atom is 0.435 e. The summed E-state index contributed by atoms with van der Waals surface area (Å²) in [5.41, 5.74) is 4.55. The van der Waals surface area contributed by atoms with Gasteiger partial charge in [-0.15, -0.1) is 0 Å². The highest BCUT2D eigenvalue weighted by Crippen LogP contribution is 2.28. The zero-order valence-electron chi connectivity index (χ0n) is 9.92. The van der Waals surface area contributed by atoms with E-state index in [0.29, 0.717) is 19.5 Å². The molecular formula is C10H15F3N4O. The summed E-state index contributed by atoms with van der Waals surface area (Å²) < 4.78 is 38.2. The van der Waals surface area contributed by atoms with Gasteiger partial charge in [0.2, 0.25) is 5.91 Å². The first-order valence-corrected chi connectivity index (χ1v) is 5.43. The lowest BCUT2D eigenvalue weighted by molar-refractivity contribution is -0.141. The van der Waals surface area contributed by atoms with Crippen molar-refractivity contribution in [3.8, 4) is 0 Å². The molecule has 0 aliphatic carbocycles. The largest absolute Gasteiger partial charge is 0.435 e. The molecule has 0 spiro atoms. The van der Waals surface area contributed by atoms with Crippen molar-refractivity contribution in [3.63, 3.8) is 0 Å². The van der Waals surface area contributed by atoms with Gasteiger partial charge < -0.3 is 11.1 Å². The highest BCUT2D eigenvalue weighted by Gasteiger charge is 2.34. The number of nitrogens with two attached hydrogens (primary N) is 1. The summed E-state index contributed by atoms with van der Waals surface area (Å²) in [7, 11) is 0. The first-order valence-electron chi connectivity index (χ1n) is 5.43. The molecule has 3 N–H and O–H groups in total. The van der Waals surface area contributed by atoms with Gasteiger partial charge in [-0.1, -0.05) is 0 Å². The molecule has 1 amide bonds. The van der Waals surface area contributed by atoms with Crippen LogP contribution in [0.1, 0.15) is 17.8 Å². The van der Waals surface area contributed by atoms with E-state index in [0.717, 1.165) is 10.7 Å². The van der Waals surface area contributed by atoms with Crippen molar-refractivity contribution in [2.75, 3.05) is 13.1 Å². The van der Waals surface area contributed by atoms with Crippen molar-refractivity contribution in [1.29, 1.82) is 0 Å². The first kappa shape index (κ1) is 14.5. The normalized spacial score (nSPS) is 11.6. The van der Waals surface area contributed by atoms with E-state index in [-0.39, 0.29) is 18.1 Å². The molecule has 0 aliphatic heterocycles. The number of amides is 1. The minimum atomic E-state index is -4.49. The van der Waals surface area contributed by atoms with Crippen molar-refractivity contribution >= 4 is 5.91 Å². The topological polar surface area (TPSA) is 72.9 Å². The van der Waals surface area contributed by atoms with Crippen LogP contribution in [0.5, 0.6) is 0 Å². The van der Waals surface area contributed by atoms with Crippen LogP contribution in [0.3, 0.4) is 0 Å². The Kier molecular flexibility index (Phi) is 4.71. The molecule has 0 atom stereocenters. The van der Waals surface area contributed by atoms with E-state index >= 15 is 0 Å². The fourth-order valence-corrected chi connectivity index (χ4v) is 1.33. The van der Waals surface area contributed by atoms with Crippen LogP contribution < -0.4 is 11.1 Å². The third-order valence-corrected chi connectivity index (χ3v) is 2.27. The van der Waals surface area contributed by atoms with E-state index in [1.807, 2.05) is 0 Å². The van der Waals surface area contributed by atoms with Crippen LogP contribution in [0.2, 0.25) is 0 Å². The molecule has 0 aromatic carbocycles. The molecule has 102 valence electrons. The van der Waals surface area contributed by atoms with Gasteiger partial charge in [0.05, 0.1) is 0 Å². The van der Waals surface area contributed by atoms with Crippen LogP contribution >= 0.6 is 0 Å². The quantitative estimate of drug-likeness (QED) is 0.768. The first-order chi connectivity index (χ1) is 8.34. The van der Waals surface area contributed by atoms with Gasteiger partial charge in [0.1, 0.15) is 6.54 Å². The van der Waals surface area contributed by atoms with Gasteiger partial charge in [-0.25, -0.2) is 0 Å². The van der Waals surface area contributed by atoms with E-state index < -0.39 is 11.9 Å². The summed E-state index contributed by atoms with van der Waals surface area (Å²) >= 11 is 0. The Hall–Kier alpha value is -1.57. The summed E-state index contributed by atoms with van der Waals surface area (Å²) in [6.07, 6.45) is -3.87. The highest BCUT2D eigenvalue weighted by molar-refractivity contribution is 5.75. The molecule has 0 unspecified atom stereocenters. The van der Waals surface area contributed by atoms with Gasteiger partial charge in [-0.2, -0.15) is 18.3 Å². The summed E-state index contributed by atoms with van der Waals surface area (Å²) in [6.45, 7) is 2.09. The zero-order chi connectivity index (χ0) is 13.8. The number of carbonyl (C=O) groups is 1. The lowest BCUT2D eigenvalue weighted by Crippen LogP contribution is -2.30. The predicted octanol–water partition coefficient (Wildman–Crippen LogP) is 0.675. The summed E-state index contributed by atoms with van der Waals surface area (Å²) in [4.78, 5) is 11.4. The van der Waals surface area contributed by atoms with Crippen LogP contribution in [0, 0.1) is 6.92 Å². The molecule has 8 heteroatoms. The fourth-order valence-electron chi connectivity index (χ4n) is 1.33. The summed E-state index contributed by atoms with van der Waals surface area (Å²) in [5, 5.41) is 5.90. The smallest absolute Gasteiger partial charge is 0.354 e. The van der Waals surface area contributed by atoms with Crippen LogP contribution in [0.15, 0.2) is 6.07 Å². The number of hydrogen-bond acceptors (Lipinski definition) is 3. The molecule has 0 radical (unpaired) electrons. The number of nitrogens with zero attached hydrogens (tertiary/aromatic N) is 2. The van der Waals surface area contributed by atoms with Crippen molar-refractivity contribution in [2.45, 2.75) is 26.1 Å². The van der Waals surface area contributed by atoms with Crippen LogP contribution in [-0.4, -0.2) is 28.8 Å². The number of carbonyl (C=O) groups excluding carboxylic acids is 1. The number of halogens is 3. The third kappa shape index (κ3) is 4.02. The second-order valence-corrected chi connectivity index (χ2v) is 3.82. The number of rotatable bonds is 5. The Labute approximate surface area is 102 Å². The Balaban J connectivity index is 2.62.